The predicted molar refractivity (Wildman–Crippen MR) is 110 cm³/mol. The second-order valence-electron chi connectivity index (χ2n) is 7.27. The summed E-state index contributed by atoms with van der Waals surface area (Å²) in [6, 6.07) is 7.43. The monoisotopic (exact) mass is 467 g/mol. The van der Waals surface area contributed by atoms with Gasteiger partial charge in [0.1, 0.15) is 0 Å². The first-order chi connectivity index (χ1) is 13.9. The van der Waals surface area contributed by atoms with Crippen LogP contribution in [0.3, 0.4) is 0 Å². The van der Waals surface area contributed by atoms with Crippen LogP contribution in [0.25, 0.3) is 0 Å². The summed E-state index contributed by atoms with van der Waals surface area (Å²) in [7, 11) is 0. The third-order valence-corrected chi connectivity index (χ3v) is 5.38. The van der Waals surface area contributed by atoms with Crippen molar-refractivity contribution in [3.63, 3.8) is 0 Å². The zero-order valence-electron chi connectivity index (χ0n) is 16.2. The van der Waals surface area contributed by atoms with Gasteiger partial charge in [-0.05, 0) is 43.9 Å². The van der Waals surface area contributed by atoms with Gasteiger partial charge in [0, 0.05) is 35.1 Å². The van der Waals surface area contributed by atoms with Gasteiger partial charge in [-0.15, -0.1) is 0 Å². The van der Waals surface area contributed by atoms with Gasteiger partial charge in [0.2, 0.25) is 0 Å². The summed E-state index contributed by atoms with van der Waals surface area (Å²) in [4.78, 5) is 18.5. The van der Waals surface area contributed by atoms with E-state index in [2.05, 4.69) is 32.6 Å². The van der Waals surface area contributed by atoms with E-state index in [1.807, 2.05) is 24.3 Å². The standard InChI is InChI=1S/C21H24BrF2N3O2/c1-15(9-12-23)19(28)27(17-7-5-6-16(22)14-17)13-4-2-3-8-18-25-20(29-26-18)21(24)10-11-21/h5-7,14H,1-4,8-13H2. The van der Waals surface area contributed by atoms with Gasteiger partial charge in [-0.3, -0.25) is 9.18 Å². The smallest absolute Gasteiger partial charge is 0.264 e. The lowest BCUT2D eigenvalue weighted by Gasteiger charge is -2.24. The van der Waals surface area contributed by atoms with E-state index in [1.54, 1.807) is 4.90 Å². The number of anilines is 1. The van der Waals surface area contributed by atoms with Gasteiger partial charge in [0.05, 0.1) is 6.67 Å². The van der Waals surface area contributed by atoms with Crippen molar-refractivity contribution in [2.75, 3.05) is 18.1 Å². The molecule has 1 aliphatic carbocycles. The van der Waals surface area contributed by atoms with Crippen molar-refractivity contribution in [1.82, 2.24) is 10.1 Å². The first kappa shape index (κ1) is 21.6. The highest BCUT2D eigenvalue weighted by molar-refractivity contribution is 9.10. The van der Waals surface area contributed by atoms with Gasteiger partial charge in [-0.2, -0.15) is 4.98 Å². The van der Waals surface area contributed by atoms with Crippen LogP contribution in [0.15, 0.2) is 45.4 Å². The van der Waals surface area contributed by atoms with E-state index in [1.165, 1.54) is 0 Å². The topological polar surface area (TPSA) is 59.2 Å². The third kappa shape index (κ3) is 5.72. The van der Waals surface area contributed by atoms with E-state index >= 15 is 0 Å². The van der Waals surface area contributed by atoms with E-state index in [9.17, 15) is 13.6 Å². The van der Waals surface area contributed by atoms with Crippen LogP contribution in [0.1, 0.15) is 50.2 Å². The molecule has 2 aromatic rings. The Kier molecular flexibility index (Phi) is 7.16. The largest absolute Gasteiger partial charge is 0.336 e. The molecule has 5 nitrogen and oxygen atoms in total. The van der Waals surface area contributed by atoms with Crippen LogP contribution in [0.4, 0.5) is 14.5 Å². The summed E-state index contributed by atoms with van der Waals surface area (Å²) >= 11 is 3.42. The number of rotatable bonds is 11. The lowest BCUT2D eigenvalue weighted by atomic mass is 10.1. The second kappa shape index (κ2) is 9.61. The number of carbonyl (C=O) groups excluding carboxylic acids is 1. The van der Waals surface area contributed by atoms with Crippen LogP contribution in [0.5, 0.6) is 0 Å². The van der Waals surface area contributed by atoms with Crippen LogP contribution in [0.2, 0.25) is 0 Å². The Bertz CT molecular complexity index is 867. The molecule has 0 N–H and O–H groups in total. The molecule has 1 fully saturated rings. The van der Waals surface area contributed by atoms with E-state index in [4.69, 9.17) is 4.52 Å². The fourth-order valence-electron chi connectivity index (χ4n) is 2.99. The Morgan fingerprint density at radius 1 is 1.31 bits per heavy atom. The highest BCUT2D eigenvalue weighted by Crippen LogP contribution is 2.48. The molecule has 0 atom stereocenters. The van der Waals surface area contributed by atoms with Crippen molar-refractivity contribution >= 4 is 27.5 Å². The minimum atomic E-state index is -1.40. The number of benzene rings is 1. The van der Waals surface area contributed by atoms with Crippen molar-refractivity contribution in [2.45, 2.75) is 50.6 Å². The summed E-state index contributed by atoms with van der Waals surface area (Å²) in [5.74, 6) is 0.340. The Labute approximate surface area is 177 Å². The highest BCUT2D eigenvalue weighted by atomic mass is 79.9. The van der Waals surface area contributed by atoms with Gasteiger partial charge >= 0.3 is 0 Å². The van der Waals surface area contributed by atoms with E-state index < -0.39 is 12.3 Å². The zero-order valence-corrected chi connectivity index (χ0v) is 17.8. The molecular weight excluding hydrogens is 444 g/mol. The molecule has 1 saturated carbocycles. The molecular formula is C21H24BrF2N3O2. The molecule has 0 unspecified atom stereocenters. The van der Waals surface area contributed by atoms with Crippen LogP contribution < -0.4 is 4.90 Å². The highest BCUT2D eigenvalue weighted by Gasteiger charge is 2.50. The second-order valence-corrected chi connectivity index (χ2v) is 8.19. The molecule has 1 aromatic carbocycles. The Balaban J connectivity index is 1.52. The molecule has 3 rings (SSSR count). The number of hydrogen-bond donors (Lipinski definition) is 0. The van der Waals surface area contributed by atoms with Gasteiger partial charge in [0.25, 0.3) is 11.8 Å². The average molecular weight is 468 g/mol. The van der Waals surface area contributed by atoms with Gasteiger partial charge in [0.15, 0.2) is 11.5 Å². The predicted octanol–water partition coefficient (Wildman–Crippen LogP) is 5.45. The van der Waals surface area contributed by atoms with Crippen molar-refractivity contribution in [2.24, 2.45) is 0 Å². The number of aryl methyl sites for hydroxylation is 1. The molecule has 1 amide bonds. The van der Waals surface area contributed by atoms with Crippen LogP contribution in [-0.2, 0) is 16.9 Å². The van der Waals surface area contributed by atoms with Gasteiger partial charge in [-0.25, -0.2) is 4.39 Å². The molecule has 0 bridgehead atoms. The molecule has 0 saturated heterocycles. The third-order valence-electron chi connectivity index (χ3n) is 4.89. The van der Waals surface area contributed by atoms with E-state index in [0.717, 1.165) is 29.4 Å². The van der Waals surface area contributed by atoms with E-state index in [-0.39, 0.29) is 23.8 Å². The SMILES string of the molecule is C=C(CCF)C(=O)N(CCCCCc1noc(C2(F)CC2)n1)c1cccc(Br)c1. The number of halogens is 3. The number of hydrogen-bond acceptors (Lipinski definition) is 4. The number of carbonyl (C=O) groups is 1. The number of alkyl halides is 2. The number of unbranched alkanes of at least 4 members (excludes halogenated alkanes) is 2. The fourth-order valence-corrected chi connectivity index (χ4v) is 3.38. The lowest BCUT2D eigenvalue weighted by molar-refractivity contribution is -0.115. The number of aromatic nitrogens is 2. The van der Waals surface area contributed by atoms with Crippen molar-refractivity contribution < 1.29 is 18.1 Å². The first-order valence-electron chi connectivity index (χ1n) is 9.76. The van der Waals surface area contributed by atoms with Crippen molar-refractivity contribution in [1.29, 1.82) is 0 Å². The molecule has 156 valence electrons. The molecule has 1 heterocycles. The Morgan fingerprint density at radius 2 is 2.10 bits per heavy atom. The molecule has 0 radical (unpaired) electrons. The zero-order chi connectivity index (χ0) is 20.9. The van der Waals surface area contributed by atoms with Crippen molar-refractivity contribution in [3.8, 4) is 0 Å². The maximum absolute atomic E-state index is 13.9. The minimum absolute atomic E-state index is 0.0273. The maximum Gasteiger partial charge on any atom is 0.264 e. The molecule has 1 aromatic heterocycles. The lowest BCUT2D eigenvalue weighted by Crippen LogP contribution is -2.33. The first-order valence-corrected chi connectivity index (χ1v) is 10.6. The molecule has 8 heteroatoms. The Morgan fingerprint density at radius 3 is 2.79 bits per heavy atom. The van der Waals surface area contributed by atoms with Crippen LogP contribution in [0, 0.1) is 0 Å². The normalized spacial score (nSPS) is 14.6. The maximum atomic E-state index is 13.9. The van der Waals surface area contributed by atoms with Crippen molar-refractivity contribution in [3.05, 3.63) is 52.6 Å². The van der Waals surface area contributed by atoms with Crippen LogP contribution in [-0.4, -0.2) is 29.3 Å². The number of amides is 1. The molecule has 29 heavy (non-hydrogen) atoms. The molecule has 0 aliphatic heterocycles. The minimum Gasteiger partial charge on any atom is -0.336 e. The van der Waals surface area contributed by atoms with Gasteiger partial charge in [-0.1, -0.05) is 40.2 Å². The summed E-state index contributed by atoms with van der Waals surface area (Å²) in [5.41, 5.74) is -0.408. The average Bonchev–Trinajstić information content (AvgIpc) is 3.26. The fraction of sp³-hybridized carbons (Fsp3) is 0.476. The van der Waals surface area contributed by atoms with E-state index in [0.29, 0.717) is 31.6 Å². The Hall–Kier alpha value is -2.09. The number of nitrogens with zero attached hydrogens (tertiary/aromatic N) is 3. The van der Waals surface area contributed by atoms with Crippen LogP contribution >= 0.6 is 15.9 Å². The summed E-state index contributed by atoms with van der Waals surface area (Å²) in [6.45, 7) is 3.61. The molecule has 1 aliphatic rings. The summed E-state index contributed by atoms with van der Waals surface area (Å²) in [6.07, 6.45) is 3.89. The summed E-state index contributed by atoms with van der Waals surface area (Å²) in [5, 5.41) is 3.84. The molecule has 0 spiro atoms. The quantitative estimate of drug-likeness (QED) is 0.325. The van der Waals surface area contributed by atoms with Gasteiger partial charge < -0.3 is 9.42 Å². The summed E-state index contributed by atoms with van der Waals surface area (Å²) < 4.78 is 32.4.